The molecule has 0 saturated carbocycles. The Morgan fingerprint density at radius 1 is 1.50 bits per heavy atom. The van der Waals surface area contributed by atoms with Gasteiger partial charge in [0, 0.05) is 16.1 Å². The Kier molecular flexibility index (Phi) is 2.76. The number of carbonyl (C=O) groups excluding carboxylic acids is 1. The fourth-order valence-electron chi connectivity index (χ4n) is 1.06. The molecule has 0 aliphatic heterocycles. The molecule has 3 heteroatoms. The van der Waals surface area contributed by atoms with Gasteiger partial charge in [-0.3, -0.25) is 4.79 Å². The summed E-state index contributed by atoms with van der Waals surface area (Å²) in [6.07, 6.45) is 1.91. The first kappa shape index (κ1) is 9.13. The Hall–Kier alpha value is -0.960. The summed E-state index contributed by atoms with van der Waals surface area (Å²) in [6.45, 7) is 1.55. The number of nitrogen functional groups attached to an aromatic ring is 1. The highest BCUT2D eigenvalue weighted by Crippen LogP contribution is 2.26. The van der Waals surface area contributed by atoms with Crippen molar-refractivity contribution < 1.29 is 4.79 Å². The van der Waals surface area contributed by atoms with Crippen molar-refractivity contribution >= 4 is 23.2 Å². The zero-order valence-electron chi connectivity index (χ0n) is 7.13. The van der Waals surface area contributed by atoms with Crippen molar-refractivity contribution in [3.05, 3.63) is 23.8 Å². The monoisotopic (exact) mass is 181 g/mol. The average molecular weight is 181 g/mol. The molecule has 12 heavy (non-hydrogen) atoms. The van der Waals surface area contributed by atoms with E-state index in [9.17, 15) is 4.79 Å². The number of anilines is 1. The van der Waals surface area contributed by atoms with Gasteiger partial charge in [0.05, 0.1) is 0 Å². The molecule has 0 heterocycles. The Bertz CT molecular complexity index is 309. The number of carbonyl (C=O) groups is 1. The molecule has 0 bridgehead atoms. The van der Waals surface area contributed by atoms with Gasteiger partial charge in [0.15, 0.2) is 5.78 Å². The van der Waals surface area contributed by atoms with Crippen LogP contribution in [0.3, 0.4) is 0 Å². The van der Waals surface area contributed by atoms with Gasteiger partial charge in [0.25, 0.3) is 0 Å². The summed E-state index contributed by atoms with van der Waals surface area (Å²) >= 11 is 1.50. The lowest BCUT2D eigenvalue weighted by molar-refractivity contribution is 0.101. The second-order valence-corrected chi connectivity index (χ2v) is 3.30. The predicted molar refractivity (Wildman–Crippen MR) is 52.6 cm³/mol. The van der Waals surface area contributed by atoms with E-state index in [0.717, 1.165) is 4.90 Å². The van der Waals surface area contributed by atoms with Gasteiger partial charge in [0.2, 0.25) is 0 Å². The molecule has 1 rings (SSSR count). The van der Waals surface area contributed by atoms with Gasteiger partial charge in [0.1, 0.15) is 0 Å². The highest BCUT2D eigenvalue weighted by Gasteiger charge is 2.07. The summed E-state index contributed by atoms with van der Waals surface area (Å²) in [7, 11) is 0. The number of benzene rings is 1. The molecule has 0 saturated heterocycles. The van der Waals surface area contributed by atoms with E-state index in [1.54, 1.807) is 25.1 Å². The number of hydrogen-bond acceptors (Lipinski definition) is 3. The second kappa shape index (κ2) is 3.63. The fraction of sp³-hybridized carbons (Fsp3) is 0.222. The molecule has 0 aliphatic rings. The van der Waals surface area contributed by atoms with Crippen LogP contribution >= 0.6 is 11.8 Å². The van der Waals surface area contributed by atoms with Crippen LogP contribution in [0.5, 0.6) is 0 Å². The highest BCUT2D eigenvalue weighted by molar-refractivity contribution is 7.98. The second-order valence-electron chi connectivity index (χ2n) is 2.48. The van der Waals surface area contributed by atoms with Crippen molar-refractivity contribution in [2.45, 2.75) is 11.8 Å². The molecular formula is C9H11NOS. The number of thioether (sulfide) groups is 1. The van der Waals surface area contributed by atoms with Crippen molar-refractivity contribution in [3.8, 4) is 0 Å². The predicted octanol–water partition coefficient (Wildman–Crippen LogP) is 2.19. The van der Waals surface area contributed by atoms with Crippen molar-refractivity contribution in [1.29, 1.82) is 0 Å². The van der Waals surface area contributed by atoms with Crippen LogP contribution in [0, 0.1) is 0 Å². The Morgan fingerprint density at radius 3 is 2.58 bits per heavy atom. The van der Waals surface area contributed by atoms with E-state index in [-0.39, 0.29) is 5.78 Å². The summed E-state index contributed by atoms with van der Waals surface area (Å²) in [5.74, 6) is 0.0617. The smallest absolute Gasteiger partial charge is 0.161 e. The van der Waals surface area contributed by atoms with Crippen molar-refractivity contribution in [2.24, 2.45) is 0 Å². The van der Waals surface area contributed by atoms with Crippen molar-refractivity contribution in [2.75, 3.05) is 12.0 Å². The topological polar surface area (TPSA) is 43.1 Å². The zero-order chi connectivity index (χ0) is 9.14. The van der Waals surface area contributed by atoms with E-state index in [1.807, 2.05) is 6.26 Å². The lowest BCUT2D eigenvalue weighted by Crippen LogP contribution is -1.98. The maximum atomic E-state index is 11.1. The minimum atomic E-state index is 0.0617. The first-order valence-corrected chi connectivity index (χ1v) is 4.82. The van der Waals surface area contributed by atoms with Gasteiger partial charge in [-0.1, -0.05) is 12.1 Å². The number of rotatable bonds is 2. The van der Waals surface area contributed by atoms with Gasteiger partial charge in [-0.15, -0.1) is 11.8 Å². The molecule has 0 atom stereocenters. The molecule has 0 radical (unpaired) electrons. The molecule has 0 aliphatic carbocycles. The van der Waals surface area contributed by atoms with Gasteiger partial charge in [-0.2, -0.15) is 0 Å². The molecule has 0 unspecified atom stereocenters. The summed E-state index contributed by atoms with van der Waals surface area (Å²) in [6, 6.07) is 5.40. The Balaban J connectivity index is 3.27. The first-order chi connectivity index (χ1) is 5.66. The molecule has 0 aromatic heterocycles. The van der Waals surface area contributed by atoms with E-state index in [0.29, 0.717) is 11.3 Å². The van der Waals surface area contributed by atoms with E-state index < -0.39 is 0 Å². The van der Waals surface area contributed by atoms with E-state index in [2.05, 4.69) is 0 Å². The Labute approximate surface area is 76.2 Å². The van der Waals surface area contributed by atoms with Crippen LogP contribution in [0.2, 0.25) is 0 Å². The number of hydrogen-bond donors (Lipinski definition) is 1. The van der Waals surface area contributed by atoms with Crippen LogP contribution in [0.15, 0.2) is 23.1 Å². The van der Waals surface area contributed by atoms with Gasteiger partial charge in [-0.25, -0.2) is 0 Å². The summed E-state index contributed by atoms with van der Waals surface area (Å²) < 4.78 is 0. The van der Waals surface area contributed by atoms with E-state index in [4.69, 9.17) is 5.73 Å². The Morgan fingerprint density at radius 2 is 2.17 bits per heavy atom. The van der Waals surface area contributed by atoms with E-state index in [1.165, 1.54) is 11.8 Å². The van der Waals surface area contributed by atoms with Crippen LogP contribution in [0.25, 0.3) is 0 Å². The lowest BCUT2D eigenvalue weighted by Gasteiger charge is -2.06. The molecule has 1 aromatic carbocycles. The third-order valence-corrected chi connectivity index (χ3v) is 2.49. The summed E-state index contributed by atoms with van der Waals surface area (Å²) in [4.78, 5) is 12.0. The molecule has 1 aromatic rings. The molecule has 0 spiro atoms. The van der Waals surface area contributed by atoms with Crippen LogP contribution in [-0.4, -0.2) is 12.0 Å². The maximum Gasteiger partial charge on any atom is 0.161 e. The van der Waals surface area contributed by atoms with Gasteiger partial charge < -0.3 is 5.73 Å². The molecule has 64 valence electrons. The van der Waals surface area contributed by atoms with Crippen molar-refractivity contribution in [1.82, 2.24) is 0 Å². The molecule has 2 N–H and O–H groups in total. The molecule has 2 nitrogen and oxygen atoms in total. The minimum absolute atomic E-state index is 0.0617. The number of nitrogens with two attached hydrogens (primary N) is 1. The fourth-order valence-corrected chi connectivity index (χ4v) is 1.80. The lowest BCUT2D eigenvalue weighted by atomic mass is 10.1. The van der Waals surface area contributed by atoms with E-state index >= 15 is 0 Å². The number of ketones is 1. The third-order valence-electron chi connectivity index (χ3n) is 1.63. The van der Waals surface area contributed by atoms with Gasteiger partial charge >= 0.3 is 0 Å². The van der Waals surface area contributed by atoms with Crippen LogP contribution < -0.4 is 5.73 Å². The summed E-state index contributed by atoms with van der Waals surface area (Å²) in [5, 5.41) is 0. The third kappa shape index (κ3) is 1.61. The van der Waals surface area contributed by atoms with Crippen LogP contribution in [0.1, 0.15) is 17.3 Å². The molecular weight excluding hydrogens is 170 g/mol. The molecule has 0 amide bonds. The minimum Gasteiger partial charge on any atom is -0.398 e. The summed E-state index contributed by atoms with van der Waals surface area (Å²) in [5.41, 5.74) is 7.08. The largest absolute Gasteiger partial charge is 0.398 e. The number of Topliss-reactive ketones (excluding diaryl/α,β-unsaturated/α-hetero) is 1. The zero-order valence-corrected chi connectivity index (χ0v) is 7.94. The van der Waals surface area contributed by atoms with Crippen LogP contribution in [0.4, 0.5) is 5.69 Å². The first-order valence-electron chi connectivity index (χ1n) is 3.60. The highest BCUT2D eigenvalue weighted by atomic mass is 32.2. The van der Waals surface area contributed by atoms with Gasteiger partial charge in [-0.05, 0) is 19.2 Å². The van der Waals surface area contributed by atoms with Crippen molar-refractivity contribution in [3.63, 3.8) is 0 Å². The molecule has 0 fully saturated rings. The van der Waals surface area contributed by atoms with Crippen LogP contribution in [-0.2, 0) is 0 Å². The quantitative estimate of drug-likeness (QED) is 0.432. The SMILES string of the molecule is CSc1c(N)cccc1C(C)=O. The standard InChI is InChI=1S/C9H11NOS/c1-6(11)7-4-3-5-8(10)9(7)12-2/h3-5H,10H2,1-2H3. The normalized spacial score (nSPS) is 9.83. The maximum absolute atomic E-state index is 11.1. The average Bonchev–Trinajstić information content (AvgIpc) is 2.03.